The summed E-state index contributed by atoms with van der Waals surface area (Å²) in [6, 6.07) is 39.6. The molecular formula is C28H24N2O. The highest BCUT2D eigenvalue weighted by Crippen LogP contribution is 2.38. The molecule has 5 rings (SSSR count). The van der Waals surface area contributed by atoms with Crippen LogP contribution >= 0.6 is 0 Å². The molecular weight excluding hydrogens is 380 g/mol. The first-order valence-electron chi connectivity index (χ1n) is 10.6. The van der Waals surface area contributed by atoms with Crippen molar-refractivity contribution in [3.63, 3.8) is 0 Å². The quantitative estimate of drug-likeness (QED) is 0.361. The molecule has 152 valence electrons. The van der Waals surface area contributed by atoms with Crippen LogP contribution in [-0.2, 0) is 6.61 Å². The Bertz CT molecular complexity index is 1160. The summed E-state index contributed by atoms with van der Waals surface area (Å²) in [7, 11) is 0. The molecule has 0 fully saturated rings. The molecule has 0 N–H and O–H groups in total. The van der Waals surface area contributed by atoms with Crippen LogP contribution in [0.15, 0.2) is 120 Å². The maximum absolute atomic E-state index is 6.22. The number of hydrazone groups is 1. The third kappa shape index (κ3) is 4.22. The lowest BCUT2D eigenvalue weighted by Gasteiger charge is -2.23. The summed E-state index contributed by atoms with van der Waals surface area (Å²) in [6.45, 7) is 0.537. The number of hydrogen-bond donors (Lipinski definition) is 0. The van der Waals surface area contributed by atoms with E-state index in [4.69, 9.17) is 9.84 Å². The SMILES string of the molecule is c1ccc(COc2ccccc2C2=NN(c3ccccc3)C(c3ccccc3)C2)cc1. The lowest BCUT2D eigenvalue weighted by atomic mass is 9.98. The van der Waals surface area contributed by atoms with E-state index >= 15 is 0 Å². The standard InChI is InChI=1S/C28H24N2O/c1-4-12-22(13-5-1)21-31-28-19-11-10-18-25(28)26-20-27(23-14-6-2-7-15-23)30(29-26)24-16-8-3-9-17-24/h1-19,27H,20-21H2. The first-order valence-corrected chi connectivity index (χ1v) is 10.6. The molecule has 4 aromatic carbocycles. The number of anilines is 1. The van der Waals surface area contributed by atoms with Crippen molar-refractivity contribution in [1.29, 1.82) is 0 Å². The lowest BCUT2D eigenvalue weighted by Crippen LogP contribution is -2.18. The largest absolute Gasteiger partial charge is 0.488 e. The molecule has 1 heterocycles. The van der Waals surface area contributed by atoms with Gasteiger partial charge in [0.2, 0.25) is 0 Å². The van der Waals surface area contributed by atoms with Gasteiger partial charge in [-0.3, -0.25) is 5.01 Å². The average Bonchev–Trinajstić information content (AvgIpc) is 3.30. The van der Waals surface area contributed by atoms with Crippen LogP contribution in [0.2, 0.25) is 0 Å². The van der Waals surface area contributed by atoms with Crippen LogP contribution in [0.3, 0.4) is 0 Å². The maximum atomic E-state index is 6.22. The number of rotatable bonds is 6. The Balaban J connectivity index is 1.47. The normalized spacial score (nSPS) is 15.5. The second kappa shape index (κ2) is 8.88. The summed E-state index contributed by atoms with van der Waals surface area (Å²) in [5, 5.41) is 7.21. The molecule has 3 heteroatoms. The van der Waals surface area contributed by atoms with E-state index in [1.54, 1.807) is 0 Å². The van der Waals surface area contributed by atoms with E-state index in [1.807, 2.05) is 36.4 Å². The number of nitrogens with zero attached hydrogens (tertiary/aromatic N) is 2. The summed E-state index contributed by atoms with van der Waals surface area (Å²) in [6.07, 6.45) is 0.824. The molecule has 0 aliphatic carbocycles. The Morgan fingerprint density at radius 3 is 2.06 bits per heavy atom. The highest BCUT2D eigenvalue weighted by atomic mass is 16.5. The smallest absolute Gasteiger partial charge is 0.128 e. The Morgan fingerprint density at radius 1 is 0.710 bits per heavy atom. The van der Waals surface area contributed by atoms with E-state index in [-0.39, 0.29) is 6.04 Å². The van der Waals surface area contributed by atoms with Crippen molar-refractivity contribution >= 4 is 11.4 Å². The van der Waals surface area contributed by atoms with Crippen molar-refractivity contribution in [2.24, 2.45) is 5.10 Å². The fourth-order valence-corrected chi connectivity index (χ4v) is 3.99. The molecule has 1 aliphatic rings. The van der Waals surface area contributed by atoms with Crippen LogP contribution in [0.4, 0.5) is 5.69 Å². The highest BCUT2D eigenvalue weighted by Gasteiger charge is 2.30. The molecule has 0 saturated carbocycles. The Kier molecular flexibility index (Phi) is 5.48. The highest BCUT2D eigenvalue weighted by molar-refractivity contribution is 6.05. The van der Waals surface area contributed by atoms with Gasteiger partial charge in [-0.2, -0.15) is 5.10 Å². The fourth-order valence-electron chi connectivity index (χ4n) is 3.99. The minimum atomic E-state index is 0.153. The minimum absolute atomic E-state index is 0.153. The van der Waals surface area contributed by atoms with Crippen molar-refractivity contribution in [3.8, 4) is 5.75 Å². The summed E-state index contributed by atoms with van der Waals surface area (Å²) in [5.41, 5.74) is 5.60. The number of benzene rings is 4. The van der Waals surface area contributed by atoms with Crippen molar-refractivity contribution in [2.45, 2.75) is 19.1 Å². The van der Waals surface area contributed by atoms with Crippen molar-refractivity contribution < 1.29 is 4.74 Å². The van der Waals surface area contributed by atoms with E-state index in [9.17, 15) is 0 Å². The maximum Gasteiger partial charge on any atom is 0.128 e. The molecule has 1 aliphatic heterocycles. The summed E-state index contributed by atoms with van der Waals surface area (Å²) in [5.74, 6) is 0.867. The summed E-state index contributed by atoms with van der Waals surface area (Å²) >= 11 is 0. The molecule has 3 nitrogen and oxygen atoms in total. The van der Waals surface area contributed by atoms with Crippen LogP contribution in [0.1, 0.15) is 29.2 Å². The van der Waals surface area contributed by atoms with Crippen molar-refractivity contribution in [1.82, 2.24) is 0 Å². The molecule has 0 radical (unpaired) electrons. The zero-order chi connectivity index (χ0) is 20.9. The van der Waals surface area contributed by atoms with Crippen molar-refractivity contribution in [3.05, 3.63) is 132 Å². The van der Waals surface area contributed by atoms with Gasteiger partial charge in [0.05, 0.1) is 17.4 Å². The van der Waals surface area contributed by atoms with Crippen LogP contribution in [0.25, 0.3) is 0 Å². The van der Waals surface area contributed by atoms with Gasteiger partial charge in [-0.25, -0.2) is 0 Å². The zero-order valence-electron chi connectivity index (χ0n) is 17.3. The average molecular weight is 405 g/mol. The van der Waals surface area contributed by atoms with Gasteiger partial charge in [0.15, 0.2) is 0 Å². The van der Waals surface area contributed by atoms with Crippen LogP contribution in [0.5, 0.6) is 5.75 Å². The van der Waals surface area contributed by atoms with E-state index in [0.717, 1.165) is 34.7 Å². The van der Waals surface area contributed by atoms with E-state index in [0.29, 0.717) is 6.61 Å². The number of hydrogen-bond acceptors (Lipinski definition) is 3. The molecule has 0 saturated heterocycles. The van der Waals surface area contributed by atoms with Gasteiger partial charge >= 0.3 is 0 Å². The molecule has 0 spiro atoms. The second-order valence-corrected chi connectivity index (χ2v) is 7.63. The first-order chi connectivity index (χ1) is 15.4. The predicted octanol–water partition coefficient (Wildman–Crippen LogP) is 6.62. The van der Waals surface area contributed by atoms with E-state index < -0.39 is 0 Å². The van der Waals surface area contributed by atoms with E-state index in [1.165, 1.54) is 5.56 Å². The van der Waals surface area contributed by atoms with E-state index in [2.05, 4.69) is 83.9 Å². The first kappa shape index (κ1) is 19.1. The van der Waals surface area contributed by atoms with Gasteiger partial charge in [-0.15, -0.1) is 0 Å². The predicted molar refractivity (Wildman–Crippen MR) is 126 cm³/mol. The lowest BCUT2D eigenvalue weighted by molar-refractivity contribution is 0.305. The van der Waals surface area contributed by atoms with Gasteiger partial charge in [0.25, 0.3) is 0 Å². The number of ether oxygens (including phenoxy) is 1. The van der Waals surface area contributed by atoms with Gasteiger partial charge in [0.1, 0.15) is 12.4 Å². The van der Waals surface area contributed by atoms with Crippen LogP contribution in [-0.4, -0.2) is 5.71 Å². The zero-order valence-corrected chi connectivity index (χ0v) is 17.3. The van der Waals surface area contributed by atoms with Gasteiger partial charge in [-0.1, -0.05) is 91.0 Å². The minimum Gasteiger partial charge on any atom is -0.488 e. The Labute approximate surface area is 183 Å². The third-order valence-electron chi connectivity index (χ3n) is 5.55. The number of para-hydroxylation sites is 2. The molecule has 4 aromatic rings. The fraction of sp³-hybridized carbons (Fsp3) is 0.107. The molecule has 0 aromatic heterocycles. The topological polar surface area (TPSA) is 24.8 Å². The molecule has 0 amide bonds. The van der Waals surface area contributed by atoms with Gasteiger partial charge < -0.3 is 4.74 Å². The molecule has 1 unspecified atom stereocenters. The molecule has 1 atom stereocenters. The van der Waals surface area contributed by atoms with Crippen molar-refractivity contribution in [2.75, 3.05) is 5.01 Å². The Morgan fingerprint density at radius 2 is 1.32 bits per heavy atom. The van der Waals surface area contributed by atoms with Gasteiger partial charge in [0, 0.05) is 12.0 Å². The monoisotopic (exact) mass is 404 g/mol. The molecule has 0 bridgehead atoms. The van der Waals surface area contributed by atoms with Crippen LogP contribution < -0.4 is 9.75 Å². The summed E-state index contributed by atoms with van der Waals surface area (Å²) in [4.78, 5) is 0. The second-order valence-electron chi connectivity index (χ2n) is 7.63. The van der Waals surface area contributed by atoms with Gasteiger partial charge in [-0.05, 0) is 35.4 Å². The molecule has 31 heavy (non-hydrogen) atoms. The Hall–Kier alpha value is -3.85. The third-order valence-corrected chi connectivity index (χ3v) is 5.55. The summed E-state index contributed by atoms with van der Waals surface area (Å²) < 4.78 is 6.22. The van der Waals surface area contributed by atoms with Crippen LogP contribution in [0, 0.1) is 0 Å².